The van der Waals surface area contributed by atoms with Crippen molar-refractivity contribution in [2.45, 2.75) is 38.0 Å². The van der Waals surface area contributed by atoms with Crippen molar-refractivity contribution in [2.24, 2.45) is 0 Å². The quantitative estimate of drug-likeness (QED) is 0.769. The van der Waals surface area contributed by atoms with Crippen LogP contribution in [0.15, 0.2) is 12.2 Å². The highest BCUT2D eigenvalue weighted by molar-refractivity contribution is 6.00. The fourth-order valence-electron chi connectivity index (χ4n) is 2.89. The number of hydrogen-bond acceptors (Lipinski definition) is 6. The molecule has 21 heavy (non-hydrogen) atoms. The fourth-order valence-corrected chi connectivity index (χ4v) is 2.89. The maximum atomic E-state index is 12.6. The number of amides is 1. The molecule has 1 aromatic rings. The number of aliphatic hydroxyl groups is 1. The number of methoxy groups -OCH3 is 1. The molecule has 3 N–H and O–H groups in total. The Kier molecular flexibility index (Phi) is 3.50. The van der Waals surface area contributed by atoms with Gasteiger partial charge in [0.1, 0.15) is 5.56 Å². The molecule has 0 spiro atoms. The summed E-state index contributed by atoms with van der Waals surface area (Å²) in [6.45, 7) is 0.309. The van der Waals surface area contributed by atoms with Gasteiger partial charge >= 0.3 is 0 Å². The van der Waals surface area contributed by atoms with Crippen LogP contribution in [0, 0.1) is 0 Å². The minimum absolute atomic E-state index is 0.0807. The first kappa shape index (κ1) is 13.8. The molecule has 0 bridgehead atoms. The number of ether oxygens (including phenoxy) is 1. The predicted octanol–water partition coefficient (Wildman–Crippen LogP) is 0.493. The lowest BCUT2D eigenvalue weighted by Gasteiger charge is -2.28. The number of carbonyl (C=O) groups excluding carboxylic acids is 1. The molecule has 0 saturated carbocycles. The zero-order chi connectivity index (χ0) is 15.0. The molecule has 1 aromatic heterocycles. The molecule has 0 unspecified atom stereocenters. The molecule has 0 aromatic carbocycles. The zero-order valence-electron chi connectivity index (χ0n) is 11.8. The van der Waals surface area contributed by atoms with Gasteiger partial charge in [-0.2, -0.15) is 4.98 Å². The number of fused-ring (bicyclic) bond motifs is 1. The second-order valence-corrected chi connectivity index (χ2v) is 5.26. The Bertz CT molecular complexity index is 602. The molecule has 0 saturated heterocycles. The summed E-state index contributed by atoms with van der Waals surface area (Å²) >= 11 is 0. The van der Waals surface area contributed by atoms with Crippen molar-refractivity contribution in [2.75, 3.05) is 12.8 Å². The van der Waals surface area contributed by atoms with E-state index in [1.165, 1.54) is 7.11 Å². The number of aliphatic hydroxyl groups excluding tert-OH is 1. The minimum atomic E-state index is -0.571. The molecule has 1 aliphatic carbocycles. The molecule has 0 radical (unpaired) electrons. The Morgan fingerprint density at radius 1 is 1.48 bits per heavy atom. The highest BCUT2D eigenvalue weighted by Crippen LogP contribution is 2.32. The number of nitrogens with two attached hydrogens (primary N) is 1. The van der Waals surface area contributed by atoms with E-state index in [0.29, 0.717) is 24.2 Å². The number of nitrogen functional groups attached to an aromatic ring is 1. The Balaban J connectivity index is 1.96. The Morgan fingerprint density at radius 2 is 2.29 bits per heavy atom. The molecular formula is C14H18N4O3. The van der Waals surface area contributed by atoms with Gasteiger partial charge < -0.3 is 20.5 Å². The predicted molar refractivity (Wildman–Crippen MR) is 75.7 cm³/mol. The zero-order valence-corrected chi connectivity index (χ0v) is 11.8. The molecule has 1 aliphatic heterocycles. The van der Waals surface area contributed by atoms with E-state index in [0.717, 1.165) is 12.8 Å². The standard InChI is InChI=1S/C14H18N4O3/c1-21-12-11-8(16-14(15)17-12)7-18(13(11)20)9-5-3-2-4-6-10(9)19/h3,5,9-10,19H,2,4,6-7H2,1H3,(H2,15,16,17)/t9-,10+/m1/s1. The van der Waals surface area contributed by atoms with Crippen LogP contribution in [0.1, 0.15) is 35.3 Å². The number of aromatic nitrogens is 2. The van der Waals surface area contributed by atoms with E-state index in [1.807, 2.05) is 12.2 Å². The number of rotatable bonds is 2. The van der Waals surface area contributed by atoms with Crippen molar-refractivity contribution in [3.63, 3.8) is 0 Å². The van der Waals surface area contributed by atoms with Gasteiger partial charge in [-0.1, -0.05) is 12.2 Å². The van der Waals surface area contributed by atoms with Crippen molar-refractivity contribution < 1.29 is 14.6 Å². The molecule has 112 valence electrons. The Morgan fingerprint density at radius 3 is 3.05 bits per heavy atom. The topological polar surface area (TPSA) is 102 Å². The summed E-state index contributed by atoms with van der Waals surface area (Å²) in [4.78, 5) is 22.3. The second-order valence-electron chi connectivity index (χ2n) is 5.26. The molecule has 2 aliphatic rings. The number of carbonyl (C=O) groups is 1. The molecular weight excluding hydrogens is 272 g/mol. The van der Waals surface area contributed by atoms with Gasteiger partial charge in [0.25, 0.3) is 5.91 Å². The SMILES string of the molecule is COc1nc(N)nc2c1C(=O)N([C@@H]1C=CCCC[C@@H]1O)C2. The maximum Gasteiger partial charge on any atom is 0.262 e. The number of nitrogens with zero attached hydrogens (tertiary/aromatic N) is 3. The molecule has 7 heteroatoms. The van der Waals surface area contributed by atoms with Gasteiger partial charge in [-0.15, -0.1) is 0 Å². The third-order valence-electron chi connectivity index (χ3n) is 3.91. The normalized spacial score (nSPS) is 24.9. The monoisotopic (exact) mass is 290 g/mol. The van der Waals surface area contributed by atoms with Gasteiger partial charge in [-0.25, -0.2) is 4.98 Å². The Hall–Kier alpha value is -2.15. The van der Waals surface area contributed by atoms with E-state index in [1.54, 1.807) is 4.90 Å². The van der Waals surface area contributed by atoms with E-state index in [-0.39, 0.29) is 23.8 Å². The van der Waals surface area contributed by atoms with Crippen LogP contribution in [-0.2, 0) is 6.54 Å². The number of anilines is 1. The lowest BCUT2D eigenvalue weighted by molar-refractivity contribution is 0.0476. The van der Waals surface area contributed by atoms with Crippen LogP contribution in [0.2, 0.25) is 0 Å². The molecule has 2 heterocycles. The molecule has 0 fully saturated rings. The van der Waals surface area contributed by atoms with Gasteiger partial charge in [0, 0.05) is 0 Å². The average molecular weight is 290 g/mol. The van der Waals surface area contributed by atoms with Crippen molar-refractivity contribution in [1.82, 2.24) is 14.9 Å². The van der Waals surface area contributed by atoms with E-state index < -0.39 is 6.10 Å². The molecule has 2 atom stereocenters. The van der Waals surface area contributed by atoms with Gasteiger partial charge in [-0.3, -0.25) is 4.79 Å². The average Bonchev–Trinajstić information content (AvgIpc) is 2.64. The van der Waals surface area contributed by atoms with Crippen LogP contribution in [0.4, 0.5) is 5.95 Å². The summed E-state index contributed by atoms with van der Waals surface area (Å²) < 4.78 is 5.14. The Labute approximate surface area is 122 Å². The van der Waals surface area contributed by atoms with Crippen LogP contribution in [0.25, 0.3) is 0 Å². The second kappa shape index (κ2) is 5.33. The van der Waals surface area contributed by atoms with Crippen molar-refractivity contribution >= 4 is 11.9 Å². The molecule has 7 nitrogen and oxygen atoms in total. The first-order valence-corrected chi connectivity index (χ1v) is 6.98. The van der Waals surface area contributed by atoms with Crippen molar-refractivity contribution in [3.05, 3.63) is 23.4 Å². The van der Waals surface area contributed by atoms with Crippen LogP contribution < -0.4 is 10.5 Å². The van der Waals surface area contributed by atoms with Crippen LogP contribution >= 0.6 is 0 Å². The van der Waals surface area contributed by atoms with Gasteiger partial charge in [0.05, 0.1) is 31.5 Å². The van der Waals surface area contributed by atoms with E-state index >= 15 is 0 Å². The summed E-state index contributed by atoms with van der Waals surface area (Å²) in [5.41, 5.74) is 6.53. The lowest BCUT2D eigenvalue weighted by Crippen LogP contribution is -2.42. The van der Waals surface area contributed by atoms with Crippen molar-refractivity contribution in [3.8, 4) is 5.88 Å². The van der Waals surface area contributed by atoms with E-state index in [4.69, 9.17) is 10.5 Å². The smallest absolute Gasteiger partial charge is 0.262 e. The number of allylic oxidation sites excluding steroid dienone is 1. The van der Waals surface area contributed by atoms with Crippen LogP contribution in [-0.4, -0.2) is 45.1 Å². The largest absolute Gasteiger partial charge is 0.480 e. The summed E-state index contributed by atoms with van der Waals surface area (Å²) in [6, 6.07) is -0.347. The highest BCUT2D eigenvalue weighted by atomic mass is 16.5. The van der Waals surface area contributed by atoms with Crippen LogP contribution in [0.3, 0.4) is 0 Å². The highest BCUT2D eigenvalue weighted by Gasteiger charge is 2.39. The fraction of sp³-hybridized carbons (Fsp3) is 0.500. The maximum absolute atomic E-state index is 12.6. The molecule has 3 rings (SSSR count). The minimum Gasteiger partial charge on any atom is -0.480 e. The third kappa shape index (κ3) is 2.33. The van der Waals surface area contributed by atoms with Gasteiger partial charge in [-0.05, 0) is 19.3 Å². The van der Waals surface area contributed by atoms with Crippen LogP contribution in [0.5, 0.6) is 5.88 Å². The lowest BCUT2D eigenvalue weighted by atomic mass is 10.1. The summed E-state index contributed by atoms with van der Waals surface area (Å²) in [7, 11) is 1.44. The molecule has 1 amide bonds. The first-order valence-electron chi connectivity index (χ1n) is 6.98. The van der Waals surface area contributed by atoms with E-state index in [9.17, 15) is 9.90 Å². The van der Waals surface area contributed by atoms with Gasteiger partial charge in [0.15, 0.2) is 0 Å². The summed E-state index contributed by atoms with van der Waals surface area (Å²) in [5.74, 6) is 0.0479. The summed E-state index contributed by atoms with van der Waals surface area (Å²) in [5, 5.41) is 10.3. The van der Waals surface area contributed by atoms with Crippen molar-refractivity contribution in [1.29, 1.82) is 0 Å². The third-order valence-corrected chi connectivity index (χ3v) is 3.91. The summed E-state index contributed by atoms with van der Waals surface area (Å²) in [6.07, 6.45) is 5.83. The van der Waals surface area contributed by atoms with E-state index in [2.05, 4.69) is 9.97 Å². The van der Waals surface area contributed by atoms with Gasteiger partial charge in [0.2, 0.25) is 11.8 Å². The first-order chi connectivity index (χ1) is 10.1. The number of hydrogen-bond donors (Lipinski definition) is 2.